The van der Waals surface area contributed by atoms with E-state index in [1.165, 1.54) is 70.6 Å². The summed E-state index contributed by atoms with van der Waals surface area (Å²) in [6, 6.07) is -1.39. The van der Waals surface area contributed by atoms with E-state index in [9.17, 15) is 19.2 Å². The molecule has 0 fully saturated rings. The number of nitrogens with one attached hydrogen (secondary N) is 2. The SMILES string of the molecule is CC/C=C\C/C=C\C/C=C\CCCCCCCCCC(=O)OC(CCC/C=C\C/C=C\CCCCCCC)CCCCCCCC(=O)NCC(=O)NC(CO)C(=O)O. The van der Waals surface area contributed by atoms with Crippen molar-refractivity contribution in [3.63, 3.8) is 0 Å². The highest BCUT2D eigenvalue weighted by atomic mass is 16.5. The zero-order valence-electron chi connectivity index (χ0n) is 36.8. The van der Waals surface area contributed by atoms with Gasteiger partial charge < -0.3 is 25.6 Å². The Hall–Kier alpha value is -3.46. The maximum atomic E-state index is 12.8. The summed E-state index contributed by atoms with van der Waals surface area (Å²) < 4.78 is 6.02. The Morgan fingerprint density at radius 2 is 1.00 bits per heavy atom. The van der Waals surface area contributed by atoms with Crippen molar-refractivity contribution in [1.29, 1.82) is 0 Å². The minimum absolute atomic E-state index is 0.0648. The molecule has 0 aliphatic carbocycles. The maximum absolute atomic E-state index is 12.8. The van der Waals surface area contributed by atoms with E-state index in [2.05, 4.69) is 85.2 Å². The van der Waals surface area contributed by atoms with Crippen molar-refractivity contribution in [2.45, 2.75) is 212 Å². The fraction of sp³-hybridized carbons (Fsp3) is 0.714. The summed E-state index contributed by atoms with van der Waals surface area (Å²) in [4.78, 5) is 47.7. The van der Waals surface area contributed by atoms with Crippen LogP contribution in [0, 0.1) is 0 Å². The number of aliphatic carboxylic acids is 1. The third-order valence-electron chi connectivity index (χ3n) is 10.00. The van der Waals surface area contributed by atoms with Gasteiger partial charge in [0.15, 0.2) is 0 Å². The van der Waals surface area contributed by atoms with Gasteiger partial charge >= 0.3 is 11.9 Å². The van der Waals surface area contributed by atoms with E-state index in [4.69, 9.17) is 14.9 Å². The lowest BCUT2D eigenvalue weighted by atomic mass is 10.0. The molecule has 0 aromatic heterocycles. The molecule has 0 bridgehead atoms. The number of carbonyl (C=O) groups is 4. The number of rotatable bonds is 41. The number of ether oxygens (including phenoxy) is 1. The topological polar surface area (TPSA) is 142 Å². The Morgan fingerprint density at radius 3 is 1.55 bits per heavy atom. The lowest BCUT2D eigenvalue weighted by Crippen LogP contribution is -2.47. The number of aliphatic hydroxyl groups excluding tert-OH is 1. The van der Waals surface area contributed by atoms with Gasteiger partial charge in [-0.2, -0.15) is 0 Å². The van der Waals surface area contributed by atoms with Crippen LogP contribution in [0.2, 0.25) is 0 Å². The molecule has 9 heteroatoms. The van der Waals surface area contributed by atoms with Gasteiger partial charge in [-0.05, 0) is 96.3 Å². The molecule has 0 saturated heterocycles. The first-order valence-corrected chi connectivity index (χ1v) is 23.2. The van der Waals surface area contributed by atoms with E-state index < -0.39 is 24.5 Å². The fourth-order valence-electron chi connectivity index (χ4n) is 6.47. The molecule has 9 nitrogen and oxygen atoms in total. The predicted octanol–water partition coefficient (Wildman–Crippen LogP) is 11.7. The predicted molar refractivity (Wildman–Crippen MR) is 240 cm³/mol. The highest BCUT2D eigenvalue weighted by Gasteiger charge is 2.19. The molecule has 2 amide bonds. The molecule has 0 aromatic carbocycles. The van der Waals surface area contributed by atoms with Gasteiger partial charge in [-0.1, -0.05) is 152 Å². The molecule has 0 aromatic rings. The molecule has 4 N–H and O–H groups in total. The molecule has 0 saturated carbocycles. The second-order valence-electron chi connectivity index (χ2n) is 15.5. The minimum Gasteiger partial charge on any atom is -0.480 e. The number of allylic oxidation sites excluding steroid dienone is 10. The third kappa shape index (κ3) is 39.4. The van der Waals surface area contributed by atoms with Crippen LogP contribution in [-0.2, 0) is 23.9 Å². The van der Waals surface area contributed by atoms with E-state index in [-0.39, 0.29) is 30.9 Å². The van der Waals surface area contributed by atoms with Gasteiger partial charge in [0.2, 0.25) is 11.8 Å². The van der Waals surface area contributed by atoms with Crippen LogP contribution >= 0.6 is 0 Å². The van der Waals surface area contributed by atoms with Crippen LogP contribution in [0.5, 0.6) is 0 Å². The summed E-state index contributed by atoms with van der Waals surface area (Å²) in [5.74, 6) is -2.34. The summed E-state index contributed by atoms with van der Waals surface area (Å²) in [6.07, 6.45) is 52.5. The Kier molecular flexibility index (Phi) is 40.6. The van der Waals surface area contributed by atoms with Crippen molar-refractivity contribution in [2.24, 2.45) is 0 Å². The number of esters is 1. The minimum atomic E-state index is -1.39. The molecular weight excluding hydrogens is 729 g/mol. The molecule has 0 rings (SSSR count). The van der Waals surface area contributed by atoms with Crippen molar-refractivity contribution in [1.82, 2.24) is 10.6 Å². The van der Waals surface area contributed by atoms with Crippen LogP contribution in [0.25, 0.3) is 0 Å². The van der Waals surface area contributed by atoms with Crippen LogP contribution in [0.1, 0.15) is 200 Å². The van der Waals surface area contributed by atoms with Gasteiger partial charge in [-0.15, -0.1) is 0 Å². The van der Waals surface area contributed by atoms with Crippen LogP contribution in [0.15, 0.2) is 60.8 Å². The number of hydrogen-bond donors (Lipinski definition) is 4. The lowest BCUT2D eigenvalue weighted by molar-refractivity contribution is -0.150. The molecule has 0 spiro atoms. The summed E-state index contributed by atoms with van der Waals surface area (Å²) in [7, 11) is 0. The van der Waals surface area contributed by atoms with Crippen LogP contribution in [-0.4, -0.2) is 59.3 Å². The lowest BCUT2D eigenvalue weighted by Gasteiger charge is -2.18. The number of hydrogen-bond acceptors (Lipinski definition) is 6. The molecule has 0 radical (unpaired) electrons. The zero-order chi connectivity index (χ0) is 42.6. The normalized spacial score (nSPS) is 13.0. The number of aliphatic hydroxyl groups is 1. The van der Waals surface area contributed by atoms with E-state index in [0.29, 0.717) is 12.8 Å². The largest absolute Gasteiger partial charge is 0.480 e. The number of carbonyl (C=O) groups excluding carboxylic acids is 3. The molecule has 0 aliphatic heterocycles. The van der Waals surface area contributed by atoms with Gasteiger partial charge in [0, 0.05) is 12.8 Å². The van der Waals surface area contributed by atoms with Gasteiger partial charge in [0.25, 0.3) is 0 Å². The van der Waals surface area contributed by atoms with E-state index in [0.717, 1.165) is 96.3 Å². The highest BCUT2D eigenvalue weighted by molar-refractivity contribution is 5.87. The number of carboxylic acid groups (broad SMARTS) is 1. The first-order chi connectivity index (χ1) is 28.3. The van der Waals surface area contributed by atoms with E-state index >= 15 is 0 Å². The summed E-state index contributed by atoms with van der Waals surface area (Å²) in [5, 5.41) is 22.6. The van der Waals surface area contributed by atoms with Gasteiger partial charge in [-0.3, -0.25) is 14.4 Å². The van der Waals surface area contributed by atoms with Gasteiger partial charge in [-0.25, -0.2) is 4.79 Å². The standard InChI is InChI=1S/C49H84N2O7/c1-3-5-7-9-11-13-15-17-18-19-20-22-24-26-28-33-37-41-48(55)58-44(38-34-30-27-25-23-21-16-14-12-10-8-6-4-2)39-35-31-29-32-36-40-46(53)50-42-47(54)51-45(43-52)49(56)57/h5,7,11,13,16-18,21,25,27,44-45,52H,3-4,6,8-10,12,14-15,19-20,22-24,26,28-43H2,1-2H3,(H,50,53)(H,51,54)(H,56,57)/b7-5-,13-11-,18-17-,21-16-,27-25-. The van der Waals surface area contributed by atoms with Crippen molar-refractivity contribution < 1.29 is 34.1 Å². The van der Waals surface area contributed by atoms with Crippen molar-refractivity contribution in [3.05, 3.63) is 60.8 Å². The number of carboxylic acids is 1. The van der Waals surface area contributed by atoms with Crippen molar-refractivity contribution in [3.8, 4) is 0 Å². The first kappa shape index (κ1) is 54.5. The molecule has 2 atom stereocenters. The summed E-state index contributed by atoms with van der Waals surface area (Å²) in [5.41, 5.74) is 0. The average molecular weight is 813 g/mol. The number of amides is 2. The smallest absolute Gasteiger partial charge is 0.328 e. The molecule has 58 heavy (non-hydrogen) atoms. The zero-order valence-corrected chi connectivity index (χ0v) is 36.8. The van der Waals surface area contributed by atoms with E-state index in [1.807, 2.05) is 0 Å². The molecule has 2 unspecified atom stereocenters. The monoisotopic (exact) mass is 813 g/mol. The van der Waals surface area contributed by atoms with E-state index in [1.54, 1.807) is 0 Å². The molecule has 0 aliphatic rings. The first-order valence-electron chi connectivity index (χ1n) is 23.2. The van der Waals surface area contributed by atoms with Crippen molar-refractivity contribution >= 4 is 23.8 Å². The summed E-state index contributed by atoms with van der Waals surface area (Å²) in [6.45, 7) is 3.35. The Morgan fingerprint density at radius 1 is 0.534 bits per heavy atom. The second kappa shape index (κ2) is 43.1. The van der Waals surface area contributed by atoms with Crippen molar-refractivity contribution in [2.75, 3.05) is 13.2 Å². The van der Waals surface area contributed by atoms with Crippen LogP contribution in [0.3, 0.4) is 0 Å². The Balaban J connectivity index is 4.39. The average Bonchev–Trinajstić information content (AvgIpc) is 3.21. The van der Waals surface area contributed by atoms with Gasteiger partial charge in [0.05, 0.1) is 13.2 Å². The molecular formula is C49H84N2O7. The summed E-state index contributed by atoms with van der Waals surface area (Å²) >= 11 is 0. The van der Waals surface area contributed by atoms with Crippen LogP contribution in [0.4, 0.5) is 0 Å². The molecule has 332 valence electrons. The quantitative estimate of drug-likeness (QED) is 0.0273. The second-order valence-corrected chi connectivity index (χ2v) is 15.5. The third-order valence-corrected chi connectivity index (χ3v) is 10.00. The maximum Gasteiger partial charge on any atom is 0.328 e. The number of unbranched alkanes of at least 4 members (excludes halogenated alkanes) is 17. The molecule has 0 heterocycles. The Labute approximate surface area is 353 Å². The fourth-order valence-corrected chi connectivity index (χ4v) is 6.47. The Bertz CT molecular complexity index is 1160. The van der Waals surface area contributed by atoms with Gasteiger partial charge in [0.1, 0.15) is 12.1 Å². The highest BCUT2D eigenvalue weighted by Crippen LogP contribution is 2.18. The van der Waals surface area contributed by atoms with Crippen LogP contribution < -0.4 is 10.6 Å².